The van der Waals surface area contributed by atoms with Crippen molar-refractivity contribution in [3.63, 3.8) is 0 Å². The predicted octanol–water partition coefficient (Wildman–Crippen LogP) is 3.38. The van der Waals surface area contributed by atoms with E-state index in [0.717, 1.165) is 17.0 Å². The number of nitrogens with one attached hydrogen (secondary N) is 2. The molecule has 9 heteroatoms. The van der Waals surface area contributed by atoms with Crippen molar-refractivity contribution >= 4 is 21.6 Å². The summed E-state index contributed by atoms with van der Waals surface area (Å²) < 4.78 is 26.5. The monoisotopic (exact) mass is 441 g/mol. The lowest BCUT2D eigenvalue weighted by Gasteiger charge is -2.18. The predicted molar refractivity (Wildman–Crippen MR) is 120 cm³/mol. The minimum atomic E-state index is -3.47. The number of nitrogens with zero attached hydrogens (tertiary/aromatic N) is 3. The molecule has 0 saturated heterocycles. The van der Waals surface area contributed by atoms with Gasteiger partial charge in [-0.25, -0.2) is 13.4 Å². The summed E-state index contributed by atoms with van der Waals surface area (Å²) in [7, 11) is -3.47. The SMILES string of the molecule is CCN(CC)S(=O)(=O)c1ccc(CCC(=O)Nc2ccc(-c3n[nH]c(C)n3)cc2)cc1. The van der Waals surface area contributed by atoms with Crippen LogP contribution >= 0.6 is 0 Å². The molecule has 0 bridgehead atoms. The van der Waals surface area contributed by atoms with E-state index in [1.165, 1.54) is 4.31 Å². The Bertz CT molecular complexity index is 1120. The van der Waals surface area contributed by atoms with Gasteiger partial charge < -0.3 is 5.32 Å². The molecule has 1 heterocycles. The van der Waals surface area contributed by atoms with Gasteiger partial charge in [-0.2, -0.15) is 9.40 Å². The Morgan fingerprint density at radius 1 is 1.03 bits per heavy atom. The highest BCUT2D eigenvalue weighted by molar-refractivity contribution is 7.89. The normalized spacial score (nSPS) is 11.6. The quantitative estimate of drug-likeness (QED) is 0.529. The molecule has 1 aromatic heterocycles. The first-order valence-corrected chi connectivity index (χ1v) is 11.7. The van der Waals surface area contributed by atoms with Crippen molar-refractivity contribution in [3.8, 4) is 11.4 Å². The molecule has 0 aliphatic heterocycles. The van der Waals surface area contributed by atoms with Crippen molar-refractivity contribution in [2.75, 3.05) is 18.4 Å². The molecule has 0 aliphatic carbocycles. The summed E-state index contributed by atoms with van der Waals surface area (Å²) in [5, 5.41) is 9.79. The van der Waals surface area contributed by atoms with E-state index in [4.69, 9.17) is 0 Å². The Hall–Kier alpha value is -3.04. The van der Waals surface area contributed by atoms with Gasteiger partial charge in [0, 0.05) is 30.8 Å². The van der Waals surface area contributed by atoms with Gasteiger partial charge in [0.15, 0.2) is 5.82 Å². The van der Waals surface area contributed by atoms with Crippen molar-refractivity contribution in [2.45, 2.75) is 38.5 Å². The number of aromatic nitrogens is 3. The van der Waals surface area contributed by atoms with Gasteiger partial charge in [-0.3, -0.25) is 9.89 Å². The largest absolute Gasteiger partial charge is 0.326 e. The van der Waals surface area contributed by atoms with Crippen LogP contribution in [0.5, 0.6) is 0 Å². The van der Waals surface area contributed by atoms with E-state index < -0.39 is 10.0 Å². The highest BCUT2D eigenvalue weighted by atomic mass is 32.2. The van der Waals surface area contributed by atoms with Crippen LogP contribution in [0.2, 0.25) is 0 Å². The third-order valence-corrected chi connectivity index (χ3v) is 7.00. The molecule has 0 saturated carbocycles. The first kappa shape index (κ1) is 22.6. The number of rotatable bonds is 9. The first-order valence-electron chi connectivity index (χ1n) is 10.2. The van der Waals surface area contributed by atoms with Gasteiger partial charge in [-0.15, -0.1) is 0 Å². The van der Waals surface area contributed by atoms with Crippen LogP contribution in [-0.4, -0.2) is 46.9 Å². The Morgan fingerprint density at radius 3 is 2.23 bits per heavy atom. The first-order chi connectivity index (χ1) is 14.8. The van der Waals surface area contributed by atoms with Crippen LogP contribution in [0.4, 0.5) is 5.69 Å². The lowest BCUT2D eigenvalue weighted by atomic mass is 10.1. The molecule has 0 radical (unpaired) electrons. The third-order valence-electron chi connectivity index (χ3n) is 4.93. The average molecular weight is 442 g/mol. The van der Waals surface area contributed by atoms with Crippen LogP contribution in [0.1, 0.15) is 31.7 Å². The van der Waals surface area contributed by atoms with E-state index in [1.54, 1.807) is 24.3 Å². The van der Waals surface area contributed by atoms with Crippen LogP contribution in [0.3, 0.4) is 0 Å². The van der Waals surface area contributed by atoms with E-state index in [1.807, 2.05) is 45.0 Å². The fraction of sp³-hybridized carbons (Fsp3) is 0.318. The van der Waals surface area contributed by atoms with E-state index >= 15 is 0 Å². The van der Waals surface area contributed by atoms with Crippen LogP contribution in [0.25, 0.3) is 11.4 Å². The molecule has 3 rings (SSSR count). The molecule has 1 amide bonds. The molecule has 3 aromatic rings. The number of benzene rings is 2. The van der Waals surface area contributed by atoms with Crippen LogP contribution < -0.4 is 5.32 Å². The average Bonchev–Trinajstić information content (AvgIpc) is 3.20. The maximum Gasteiger partial charge on any atom is 0.243 e. The van der Waals surface area contributed by atoms with Crippen molar-refractivity contribution in [2.24, 2.45) is 0 Å². The molecule has 164 valence electrons. The number of aromatic amines is 1. The van der Waals surface area contributed by atoms with E-state index in [-0.39, 0.29) is 10.8 Å². The van der Waals surface area contributed by atoms with Crippen molar-refractivity contribution in [1.82, 2.24) is 19.5 Å². The van der Waals surface area contributed by atoms with Gasteiger partial charge in [0.25, 0.3) is 0 Å². The highest BCUT2D eigenvalue weighted by Gasteiger charge is 2.21. The van der Waals surface area contributed by atoms with Crippen LogP contribution in [0, 0.1) is 6.92 Å². The number of hydrogen-bond acceptors (Lipinski definition) is 5. The van der Waals surface area contributed by atoms with Crippen molar-refractivity contribution in [1.29, 1.82) is 0 Å². The topological polar surface area (TPSA) is 108 Å². The Labute approximate surface area is 182 Å². The Kier molecular flexibility index (Phi) is 7.19. The summed E-state index contributed by atoms with van der Waals surface area (Å²) in [6, 6.07) is 14.1. The Balaban J connectivity index is 1.55. The second-order valence-electron chi connectivity index (χ2n) is 7.10. The zero-order chi connectivity index (χ0) is 22.4. The number of sulfonamides is 1. The molecule has 31 heavy (non-hydrogen) atoms. The smallest absolute Gasteiger partial charge is 0.243 e. The number of carbonyl (C=O) groups is 1. The summed E-state index contributed by atoms with van der Waals surface area (Å²) >= 11 is 0. The number of anilines is 1. The summed E-state index contributed by atoms with van der Waals surface area (Å²) in [4.78, 5) is 16.8. The summed E-state index contributed by atoms with van der Waals surface area (Å²) in [6.45, 7) is 6.33. The van der Waals surface area contributed by atoms with Gasteiger partial charge in [-0.1, -0.05) is 26.0 Å². The van der Waals surface area contributed by atoms with Crippen molar-refractivity contribution in [3.05, 3.63) is 59.9 Å². The lowest BCUT2D eigenvalue weighted by molar-refractivity contribution is -0.116. The fourth-order valence-corrected chi connectivity index (χ4v) is 4.65. The second kappa shape index (κ2) is 9.84. The van der Waals surface area contributed by atoms with Crippen molar-refractivity contribution < 1.29 is 13.2 Å². The minimum Gasteiger partial charge on any atom is -0.326 e. The molecule has 0 atom stereocenters. The van der Waals surface area contributed by atoms with Gasteiger partial charge >= 0.3 is 0 Å². The number of amides is 1. The summed E-state index contributed by atoms with van der Waals surface area (Å²) in [6.07, 6.45) is 0.815. The number of H-pyrrole nitrogens is 1. The summed E-state index contributed by atoms with van der Waals surface area (Å²) in [5.41, 5.74) is 2.47. The number of carbonyl (C=O) groups excluding carboxylic acids is 1. The molecule has 0 fully saturated rings. The fourth-order valence-electron chi connectivity index (χ4n) is 3.20. The molecule has 0 unspecified atom stereocenters. The van der Waals surface area contributed by atoms with E-state index in [0.29, 0.717) is 37.4 Å². The molecule has 8 nitrogen and oxygen atoms in total. The molecular formula is C22H27N5O3S. The minimum absolute atomic E-state index is 0.110. The van der Waals surface area contributed by atoms with Crippen LogP contribution in [0.15, 0.2) is 53.4 Å². The lowest BCUT2D eigenvalue weighted by Crippen LogP contribution is -2.30. The molecule has 0 spiro atoms. The zero-order valence-electron chi connectivity index (χ0n) is 17.9. The Morgan fingerprint density at radius 2 is 1.68 bits per heavy atom. The molecule has 2 N–H and O–H groups in total. The van der Waals surface area contributed by atoms with Gasteiger partial charge in [0.05, 0.1) is 4.90 Å². The zero-order valence-corrected chi connectivity index (χ0v) is 18.7. The molecular weight excluding hydrogens is 414 g/mol. The maximum absolute atomic E-state index is 12.5. The summed E-state index contributed by atoms with van der Waals surface area (Å²) in [5.74, 6) is 1.24. The van der Waals surface area contributed by atoms with Gasteiger partial charge in [0.1, 0.15) is 5.82 Å². The van der Waals surface area contributed by atoms with E-state index in [2.05, 4.69) is 20.5 Å². The molecule has 0 aliphatic rings. The number of hydrogen-bond donors (Lipinski definition) is 2. The van der Waals surface area contributed by atoms with Gasteiger partial charge in [0.2, 0.25) is 15.9 Å². The maximum atomic E-state index is 12.5. The standard InChI is InChI=1S/C22H27N5O3S/c1-4-27(5-2)31(29,30)20-13-6-17(7-14-20)8-15-21(28)24-19-11-9-18(10-12-19)22-23-16(3)25-26-22/h6-7,9-14H,4-5,8,15H2,1-3H3,(H,24,28)(H,23,25,26). The number of aryl methyl sites for hydroxylation is 2. The second-order valence-corrected chi connectivity index (χ2v) is 9.04. The third kappa shape index (κ3) is 5.56. The highest BCUT2D eigenvalue weighted by Crippen LogP contribution is 2.19. The molecule has 2 aromatic carbocycles. The van der Waals surface area contributed by atoms with Crippen LogP contribution in [-0.2, 0) is 21.2 Å². The van der Waals surface area contributed by atoms with Gasteiger partial charge in [-0.05, 0) is 55.3 Å². The van der Waals surface area contributed by atoms with E-state index in [9.17, 15) is 13.2 Å².